The van der Waals surface area contributed by atoms with E-state index in [0.29, 0.717) is 51.9 Å². The van der Waals surface area contributed by atoms with E-state index >= 15 is 0 Å². The highest BCUT2D eigenvalue weighted by Crippen LogP contribution is 2.33. The summed E-state index contributed by atoms with van der Waals surface area (Å²) in [7, 11) is 3.98. The van der Waals surface area contributed by atoms with Crippen molar-refractivity contribution in [3.05, 3.63) is 103 Å². The zero-order valence-corrected chi connectivity index (χ0v) is 25.8. The normalized spacial score (nSPS) is 11.4. The van der Waals surface area contributed by atoms with Gasteiger partial charge in [-0.2, -0.15) is 5.10 Å². The number of amides is 1. The Morgan fingerprint density at radius 1 is 0.894 bits per heavy atom. The molecule has 0 saturated carbocycles. The molecule has 0 aliphatic heterocycles. The van der Waals surface area contributed by atoms with E-state index in [1.165, 1.54) is 12.1 Å². The number of aromatic nitrogens is 7. The van der Waals surface area contributed by atoms with Gasteiger partial charge in [-0.1, -0.05) is 30.3 Å². The number of aromatic amines is 2. The Hall–Kier alpha value is -6.01. The molecule has 0 aliphatic carbocycles. The van der Waals surface area contributed by atoms with Crippen LogP contribution in [-0.2, 0) is 11.2 Å². The summed E-state index contributed by atoms with van der Waals surface area (Å²) in [6.07, 6.45) is 6.94. The van der Waals surface area contributed by atoms with Gasteiger partial charge in [-0.25, -0.2) is 9.37 Å². The van der Waals surface area contributed by atoms with Crippen molar-refractivity contribution in [3.63, 3.8) is 0 Å². The SMILES string of the molecule is CN(C)CCNc1cc(F)cc(-c2nccc3[nH]c(-c4n[nH]c5cnc(-c6cncc(NC(=O)Cc7ccccc7)c6)cc45)nc23)c1. The second-order valence-corrected chi connectivity index (χ2v) is 11.5. The molecule has 7 aromatic rings. The molecule has 0 spiro atoms. The summed E-state index contributed by atoms with van der Waals surface area (Å²) in [6.45, 7) is 1.48. The van der Waals surface area contributed by atoms with E-state index in [4.69, 9.17) is 4.98 Å². The maximum atomic E-state index is 14.7. The molecule has 234 valence electrons. The number of hydrogen-bond donors (Lipinski definition) is 4. The van der Waals surface area contributed by atoms with E-state index in [0.717, 1.165) is 34.1 Å². The molecule has 0 unspecified atom stereocenters. The van der Waals surface area contributed by atoms with Crippen LogP contribution in [0.5, 0.6) is 0 Å². The number of halogens is 1. The summed E-state index contributed by atoms with van der Waals surface area (Å²) >= 11 is 0. The van der Waals surface area contributed by atoms with E-state index in [-0.39, 0.29) is 18.1 Å². The molecule has 2 aromatic carbocycles. The van der Waals surface area contributed by atoms with Crippen LogP contribution in [0.3, 0.4) is 0 Å². The van der Waals surface area contributed by atoms with Crippen molar-refractivity contribution in [2.24, 2.45) is 0 Å². The van der Waals surface area contributed by atoms with Crippen molar-refractivity contribution in [1.82, 2.24) is 40.0 Å². The van der Waals surface area contributed by atoms with Crippen LogP contribution < -0.4 is 10.6 Å². The second-order valence-electron chi connectivity index (χ2n) is 11.5. The maximum Gasteiger partial charge on any atom is 0.228 e. The predicted molar refractivity (Wildman–Crippen MR) is 181 cm³/mol. The zero-order chi connectivity index (χ0) is 32.3. The third-order valence-corrected chi connectivity index (χ3v) is 7.66. The molecule has 0 fully saturated rings. The summed E-state index contributed by atoms with van der Waals surface area (Å²) in [4.78, 5) is 36.5. The Balaban J connectivity index is 1.18. The molecular formula is C35H31FN10O. The molecule has 5 aromatic heterocycles. The largest absolute Gasteiger partial charge is 0.384 e. The molecule has 0 aliphatic rings. The summed E-state index contributed by atoms with van der Waals surface area (Å²) in [5.74, 6) is 0.0278. The first kappa shape index (κ1) is 29.7. The Morgan fingerprint density at radius 2 is 1.74 bits per heavy atom. The molecule has 1 amide bonds. The van der Waals surface area contributed by atoms with Gasteiger partial charge in [-0.15, -0.1) is 0 Å². The number of likely N-dealkylation sites (N-methyl/N-ethyl adjacent to an activating group) is 1. The lowest BCUT2D eigenvalue weighted by Gasteiger charge is -2.12. The van der Waals surface area contributed by atoms with Gasteiger partial charge in [0.25, 0.3) is 0 Å². The van der Waals surface area contributed by atoms with Gasteiger partial charge in [-0.3, -0.25) is 24.8 Å². The van der Waals surface area contributed by atoms with Crippen LogP contribution in [0, 0.1) is 5.82 Å². The number of nitrogens with one attached hydrogen (secondary N) is 4. The fourth-order valence-electron chi connectivity index (χ4n) is 5.40. The molecule has 5 heterocycles. The molecule has 12 heteroatoms. The monoisotopic (exact) mass is 626 g/mol. The van der Waals surface area contributed by atoms with Gasteiger partial charge >= 0.3 is 0 Å². The lowest BCUT2D eigenvalue weighted by atomic mass is 10.1. The summed E-state index contributed by atoms with van der Waals surface area (Å²) in [5, 5.41) is 14.6. The average molecular weight is 627 g/mol. The minimum atomic E-state index is -0.364. The molecule has 4 N–H and O–H groups in total. The van der Waals surface area contributed by atoms with Gasteiger partial charge in [0.2, 0.25) is 5.91 Å². The van der Waals surface area contributed by atoms with E-state index in [1.54, 1.807) is 24.8 Å². The summed E-state index contributed by atoms with van der Waals surface area (Å²) in [5.41, 5.74) is 7.38. The number of benzene rings is 2. The Bertz CT molecular complexity index is 2210. The van der Waals surface area contributed by atoms with Gasteiger partial charge in [0.1, 0.15) is 17.0 Å². The van der Waals surface area contributed by atoms with Gasteiger partial charge in [0.05, 0.1) is 46.9 Å². The number of carbonyl (C=O) groups is 1. The van der Waals surface area contributed by atoms with Crippen molar-refractivity contribution in [2.75, 3.05) is 37.8 Å². The minimum absolute atomic E-state index is 0.135. The number of H-pyrrole nitrogens is 2. The molecule has 11 nitrogen and oxygen atoms in total. The summed E-state index contributed by atoms with van der Waals surface area (Å²) in [6, 6.07) is 19.9. The first-order valence-electron chi connectivity index (χ1n) is 15.1. The topological polar surface area (TPSA) is 140 Å². The van der Waals surface area contributed by atoms with Crippen molar-refractivity contribution < 1.29 is 9.18 Å². The molecule has 0 radical (unpaired) electrons. The predicted octanol–water partition coefficient (Wildman–Crippen LogP) is 5.92. The number of rotatable bonds is 10. The Labute approximate surface area is 269 Å². The van der Waals surface area contributed by atoms with Crippen molar-refractivity contribution in [3.8, 4) is 34.0 Å². The number of imidazole rings is 1. The van der Waals surface area contributed by atoms with Crippen molar-refractivity contribution >= 4 is 39.2 Å². The first-order valence-corrected chi connectivity index (χ1v) is 15.1. The van der Waals surface area contributed by atoms with Gasteiger partial charge in [0.15, 0.2) is 5.82 Å². The highest BCUT2D eigenvalue weighted by Gasteiger charge is 2.18. The fourth-order valence-corrected chi connectivity index (χ4v) is 5.40. The van der Waals surface area contributed by atoms with Gasteiger partial charge < -0.3 is 20.5 Å². The first-order chi connectivity index (χ1) is 22.9. The third-order valence-electron chi connectivity index (χ3n) is 7.66. The number of fused-ring (bicyclic) bond motifs is 2. The van der Waals surface area contributed by atoms with Crippen LogP contribution in [0.4, 0.5) is 15.8 Å². The molecular weight excluding hydrogens is 595 g/mol. The standard InChI is InChI=1S/C35H31FN10O/c1-46(2)11-10-38-25-14-22(13-24(36)16-25)32-34-28(8-9-39-32)42-35(43-34)33-27-17-29(40-20-30(27)44-45-33)23-15-26(19-37-18-23)41-31(47)12-21-6-4-3-5-7-21/h3-9,13-20,38H,10-12H2,1-2H3,(H,41,47)(H,42,43)(H,44,45). The third kappa shape index (κ3) is 6.53. The van der Waals surface area contributed by atoms with Gasteiger partial charge in [0, 0.05) is 47.7 Å². The minimum Gasteiger partial charge on any atom is -0.384 e. The highest BCUT2D eigenvalue weighted by atomic mass is 19.1. The quantitative estimate of drug-likeness (QED) is 0.147. The maximum absolute atomic E-state index is 14.7. The van der Waals surface area contributed by atoms with E-state index < -0.39 is 0 Å². The van der Waals surface area contributed by atoms with E-state index in [1.807, 2.05) is 68.7 Å². The van der Waals surface area contributed by atoms with Crippen LogP contribution in [0.1, 0.15) is 5.56 Å². The lowest BCUT2D eigenvalue weighted by Crippen LogP contribution is -2.20. The number of anilines is 2. The Morgan fingerprint density at radius 3 is 2.60 bits per heavy atom. The molecule has 0 atom stereocenters. The number of pyridine rings is 3. The number of carbonyl (C=O) groups excluding carboxylic acids is 1. The molecule has 0 bridgehead atoms. The van der Waals surface area contributed by atoms with Crippen molar-refractivity contribution in [1.29, 1.82) is 0 Å². The fraction of sp³-hybridized carbons (Fsp3) is 0.143. The highest BCUT2D eigenvalue weighted by molar-refractivity contribution is 5.97. The zero-order valence-electron chi connectivity index (χ0n) is 25.8. The second kappa shape index (κ2) is 12.8. The van der Waals surface area contributed by atoms with Crippen LogP contribution in [0.15, 0.2) is 91.5 Å². The van der Waals surface area contributed by atoms with Crippen LogP contribution >= 0.6 is 0 Å². The summed E-state index contributed by atoms with van der Waals surface area (Å²) < 4.78 is 14.7. The lowest BCUT2D eigenvalue weighted by molar-refractivity contribution is -0.115. The van der Waals surface area contributed by atoms with Gasteiger partial charge in [-0.05, 0) is 56.1 Å². The molecule has 47 heavy (non-hydrogen) atoms. The van der Waals surface area contributed by atoms with Crippen molar-refractivity contribution in [2.45, 2.75) is 6.42 Å². The van der Waals surface area contributed by atoms with Crippen LogP contribution in [0.2, 0.25) is 0 Å². The number of hydrogen-bond acceptors (Lipinski definition) is 8. The smallest absolute Gasteiger partial charge is 0.228 e. The molecule has 0 saturated heterocycles. The van der Waals surface area contributed by atoms with Crippen LogP contribution in [-0.4, -0.2) is 73.1 Å². The number of nitrogens with zero attached hydrogens (tertiary/aromatic N) is 6. The molecule has 7 rings (SSSR count). The van der Waals surface area contributed by atoms with E-state index in [2.05, 4.69) is 45.7 Å². The average Bonchev–Trinajstić information content (AvgIpc) is 3.69. The van der Waals surface area contributed by atoms with Crippen LogP contribution in [0.25, 0.3) is 56.0 Å². The van der Waals surface area contributed by atoms with E-state index in [9.17, 15) is 9.18 Å². The Kier molecular flexibility index (Phi) is 8.07.